The number of fused-ring (bicyclic) bond motifs is 2. The molecular weight excluding hydrogens is 849 g/mol. The van der Waals surface area contributed by atoms with Crippen LogP contribution in [0.4, 0.5) is 11.4 Å². The summed E-state index contributed by atoms with van der Waals surface area (Å²) in [7, 11) is 3.09. The van der Waals surface area contributed by atoms with Gasteiger partial charge in [0.05, 0.1) is 33.5 Å². The molecule has 0 spiro atoms. The number of nitrogens with one attached hydrogen (secondary N) is 2. The van der Waals surface area contributed by atoms with Gasteiger partial charge in [-0.15, -0.1) is 9.46 Å². The molecule has 8 aromatic rings. The van der Waals surface area contributed by atoms with Crippen LogP contribution in [0, 0.1) is 13.8 Å². The van der Waals surface area contributed by atoms with Crippen LogP contribution in [0.1, 0.15) is 33.6 Å². The number of anilines is 2. The summed E-state index contributed by atoms with van der Waals surface area (Å²) in [6.45, 7) is 5.04. The fourth-order valence-electron chi connectivity index (χ4n) is 6.75. The number of methoxy groups -OCH3 is 2. The second-order valence-electron chi connectivity index (χ2n) is 14.6. The number of ether oxygens (including phenoxy) is 4. The molecular formula is C48H48N8O10. The van der Waals surface area contributed by atoms with Crippen molar-refractivity contribution in [2.24, 2.45) is 0 Å². The van der Waals surface area contributed by atoms with E-state index in [1.807, 2.05) is 86.6 Å². The lowest BCUT2D eigenvalue weighted by Crippen LogP contribution is -2.28. The van der Waals surface area contributed by atoms with Crippen molar-refractivity contribution in [3.8, 4) is 23.0 Å². The zero-order chi connectivity index (χ0) is 46.4. The fourth-order valence-corrected chi connectivity index (χ4v) is 6.75. The quantitative estimate of drug-likeness (QED) is 0.0569. The molecule has 18 heteroatoms. The predicted octanol–water partition coefficient (Wildman–Crippen LogP) is 6.06. The third-order valence-corrected chi connectivity index (χ3v) is 9.98. The van der Waals surface area contributed by atoms with E-state index in [0.29, 0.717) is 69.4 Å². The molecule has 0 amide bonds. The largest absolute Gasteiger partial charge is 0.504 e. The minimum Gasteiger partial charge on any atom is -0.504 e. The van der Waals surface area contributed by atoms with Gasteiger partial charge >= 0.3 is 0 Å². The molecule has 4 N–H and O–H groups in total. The number of phenols is 2. The lowest BCUT2D eigenvalue weighted by molar-refractivity contribution is 0.0322. The first-order chi connectivity index (χ1) is 32.1. The van der Waals surface area contributed by atoms with E-state index >= 15 is 0 Å². The average molecular weight is 897 g/mol. The Morgan fingerprint density at radius 1 is 0.530 bits per heavy atom. The van der Waals surface area contributed by atoms with Crippen LogP contribution in [0.25, 0.3) is 22.1 Å². The second-order valence-corrected chi connectivity index (χ2v) is 14.6. The molecule has 0 aliphatic heterocycles. The van der Waals surface area contributed by atoms with E-state index < -0.39 is 0 Å². The topological polar surface area (TPSA) is 215 Å². The first-order valence-corrected chi connectivity index (χ1v) is 20.6. The first kappa shape index (κ1) is 45.8. The van der Waals surface area contributed by atoms with Crippen molar-refractivity contribution in [2.45, 2.75) is 40.2 Å². The van der Waals surface area contributed by atoms with Gasteiger partial charge in [0.15, 0.2) is 47.9 Å². The van der Waals surface area contributed by atoms with Crippen LogP contribution in [-0.4, -0.2) is 67.4 Å². The Balaban J connectivity index is 0.000000199. The molecule has 0 fully saturated rings. The molecule has 4 aromatic heterocycles. The fraction of sp³-hybridized carbons (Fsp3) is 0.208. The van der Waals surface area contributed by atoms with Crippen molar-refractivity contribution < 1.29 is 38.8 Å². The van der Waals surface area contributed by atoms with Gasteiger partial charge < -0.3 is 49.5 Å². The highest BCUT2D eigenvalue weighted by molar-refractivity contribution is 5.91. The van der Waals surface area contributed by atoms with Crippen molar-refractivity contribution in [1.82, 2.24) is 29.4 Å². The summed E-state index contributed by atoms with van der Waals surface area (Å²) in [4.78, 5) is 54.5. The molecule has 8 rings (SSSR count). The molecule has 18 nitrogen and oxygen atoms in total. The van der Waals surface area contributed by atoms with Crippen LogP contribution >= 0.6 is 0 Å². The second kappa shape index (κ2) is 21.9. The molecule has 0 radical (unpaired) electrons. The average Bonchev–Trinajstić information content (AvgIpc) is 3.33. The summed E-state index contributed by atoms with van der Waals surface area (Å²) in [5.41, 5.74) is 6.11. The van der Waals surface area contributed by atoms with E-state index in [1.165, 1.54) is 46.4 Å². The minimum atomic E-state index is -0.368. The predicted molar refractivity (Wildman–Crippen MR) is 246 cm³/mol. The zero-order valence-electron chi connectivity index (χ0n) is 36.6. The van der Waals surface area contributed by atoms with E-state index in [2.05, 4.69) is 30.6 Å². The van der Waals surface area contributed by atoms with E-state index in [9.17, 15) is 19.8 Å². The van der Waals surface area contributed by atoms with Gasteiger partial charge in [-0.25, -0.2) is 19.9 Å². The number of phenolic OH excluding ortho intramolecular Hbond substituents is 2. The Morgan fingerprint density at radius 3 is 1.48 bits per heavy atom. The highest BCUT2D eigenvalue weighted by Crippen LogP contribution is 2.30. The van der Waals surface area contributed by atoms with Crippen molar-refractivity contribution in [3.05, 3.63) is 176 Å². The summed E-state index contributed by atoms with van der Waals surface area (Å²) >= 11 is 0. The van der Waals surface area contributed by atoms with Gasteiger partial charge in [-0.2, -0.15) is 0 Å². The van der Waals surface area contributed by atoms with Crippen LogP contribution in [-0.2, 0) is 35.8 Å². The smallest absolute Gasteiger partial charge is 0.287 e. The molecule has 0 atom stereocenters. The Kier molecular flexibility index (Phi) is 15.2. The SMILES string of the molecule is COCOc1ccc(CNc2cc(=O)n(OCc3ccccc3)c3ncnc(C)c23)cc1OCOC.Cc1ncnc2c1c(NCc1ccc(O)c(O)c1)cc(=O)n2OCc1ccccc1. The number of benzene rings is 4. The number of aryl methyl sites for hydroxylation is 2. The van der Waals surface area contributed by atoms with Gasteiger partial charge in [-0.1, -0.05) is 72.8 Å². The van der Waals surface area contributed by atoms with Crippen LogP contribution in [0.5, 0.6) is 23.0 Å². The third-order valence-electron chi connectivity index (χ3n) is 9.98. The number of aromatic nitrogens is 6. The van der Waals surface area contributed by atoms with Crippen molar-refractivity contribution >= 4 is 33.4 Å². The Morgan fingerprint density at radius 2 is 1.00 bits per heavy atom. The Labute approximate surface area is 378 Å². The highest BCUT2D eigenvalue weighted by atomic mass is 16.7. The van der Waals surface area contributed by atoms with Gasteiger partial charge in [0.1, 0.15) is 25.9 Å². The van der Waals surface area contributed by atoms with Crippen LogP contribution in [0.15, 0.2) is 131 Å². The summed E-state index contributed by atoms with van der Waals surface area (Å²) in [6, 6.07) is 32.2. The number of rotatable bonds is 18. The number of nitrogens with zero attached hydrogens (tertiary/aromatic N) is 6. The lowest BCUT2D eigenvalue weighted by Gasteiger charge is -2.16. The van der Waals surface area contributed by atoms with Crippen molar-refractivity contribution in [2.75, 3.05) is 38.4 Å². The number of hydrogen-bond donors (Lipinski definition) is 4. The molecule has 0 unspecified atom stereocenters. The maximum absolute atomic E-state index is 13.0. The van der Waals surface area contributed by atoms with Gasteiger partial charge in [-0.3, -0.25) is 9.59 Å². The lowest BCUT2D eigenvalue weighted by atomic mass is 10.1. The molecule has 4 aromatic carbocycles. The Hall–Kier alpha value is -8.22. The molecule has 0 aliphatic rings. The van der Waals surface area contributed by atoms with E-state index in [1.54, 1.807) is 26.4 Å². The first-order valence-electron chi connectivity index (χ1n) is 20.6. The number of aromatic hydroxyl groups is 2. The normalized spacial score (nSPS) is 10.8. The molecule has 0 bridgehead atoms. The number of hydrogen-bond acceptors (Lipinski definition) is 16. The van der Waals surface area contributed by atoms with Crippen molar-refractivity contribution in [1.29, 1.82) is 0 Å². The van der Waals surface area contributed by atoms with E-state index in [-0.39, 0.29) is 49.4 Å². The Bertz CT molecular complexity index is 3020. The zero-order valence-corrected chi connectivity index (χ0v) is 36.6. The summed E-state index contributed by atoms with van der Waals surface area (Å²) in [5.74, 6) is 0.655. The van der Waals surface area contributed by atoms with E-state index in [4.69, 9.17) is 28.6 Å². The molecule has 0 saturated heterocycles. The maximum atomic E-state index is 13.0. The highest BCUT2D eigenvalue weighted by Gasteiger charge is 2.17. The summed E-state index contributed by atoms with van der Waals surface area (Å²) in [6.07, 6.45) is 2.81. The van der Waals surface area contributed by atoms with Gasteiger partial charge in [0.2, 0.25) is 0 Å². The van der Waals surface area contributed by atoms with Crippen LogP contribution < -0.4 is 40.9 Å². The van der Waals surface area contributed by atoms with E-state index in [0.717, 1.165) is 22.3 Å². The minimum absolute atomic E-state index is 0.0720. The van der Waals surface area contributed by atoms with Gasteiger partial charge in [0.25, 0.3) is 11.1 Å². The summed E-state index contributed by atoms with van der Waals surface area (Å²) < 4.78 is 23.6. The molecule has 340 valence electrons. The number of pyridine rings is 2. The molecule has 0 saturated carbocycles. The molecule has 0 aliphatic carbocycles. The van der Waals surface area contributed by atoms with Crippen LogP contribution in [0.2, 0.25) is 0 Å². The molecule has 4 heterocycles. The van der Waals surface area contributed by atoms with Gasteiger partial charge in [-0.05, 0) is 60.4 Å². The van der Waals surface area contributed by atoms with Crippen molar-refractivity contribution in [3.63, 3.8) is 0 Å². The standard InChI is InChI=1S/C26H28N4O6.C22H20N4O4/c1-18-25-21(27-13-20-9-10-22(34-16-32-2)23(11-20)35-17-33-3)12-24(31)30(26(25)29-15-28-18)36-14-19-7-5-4-6-8-19;1-14-21-17(23-11-16-7-8-18(27)19(28)9-16)10-20(29)26(22(21)25-13-24-14)30-12-15-5-3-2-4-6-15/h4-12,15,27H,13-14,16-17H2,1-3H3;2-10,13,23,27-28H,11-12H2,1H3. The third kappa shape index (κ3) is 11.3. The van der Waals surface area contributed by atoms with Gasteiger partial charge in [0, 0.05) is 39.4 Å². The maximum Gasteiger partial charge on any atom is 0.287 e. The summed E-state index contributed by atoms with van der Waals surface area (Å²) in [5, 5.41) is 27.0. The molecule has 66 heavy (non-hydrogen) atoms. The van der Waals surface area contributed by atoms with Crippen LogP contribution in [0.3, 0.4) is 0 Å². The monoisotopic (exact) mass is 896 g/mol.